The van der Waals surface area contributed by atoms with Gasteiger partial charge in [-0.05, 0) is 19.4 Å². The molecule has 1 N–H and O–H groups in total. The molecule has 1 heterocycles. The van der Waals surface area contributed by atoms with Gasteiger partial charge in [-0.1, -0.05) is 30.3 Å². The van der Waals surface area contributed by atoms with Gasteiger partial charge in [-0.25, -0.2) is 0 Å². The monoisotopic (exact) mass is 229 g/mol. The van der Waals surface area contributed by atoms with Crippen LogP contribution in [-0.2, 0) is 0 Å². The maximum Gasteiger partial charge on any atom is 0.223 e. The predicted molar refractivity (Wildman–Crippen MR) is 67.4 cm³/mol. The van der Waals surface area contributed by atoms with Gasteiger partial charge in [0.15, 0.2) is 5.75 Å². The van der Waals surface area contributed by atoms with Crippen LogP contribution in [0.2, 0.25) is 0 Å². The van der Waals surface area contributed by atoms with E-state index in [9.17, 15) is 9.90 Å². The molecule has 0 saturated carbocycles. The highest BCUT2D eigenvalue weighted by atomic mass is 16.3. The van der Waals surface area contributed by atoms with Crippen LogP contribution in [0.5, 0.6) is 5.75 Å². The third kappa shape index (κ3) is 2.09. The molecule has 1 aromatic heterocycles. The Hall–Kier alpha value is -2.03. The van der Waals surface area contributed by atoms with E-state index >= 15 is 0 Å². The zero-order valence-corrected chi connectivity index (χ0v) is 9.92. The standard InChI is InChI=1S/C14H15NO2/c1-10(12-6-4-3-5-7-12)15-9-8-13(16)14(17)11(15)2/h3-10,17H,1-2H3. The molecule has 0 saturated heterocycles. The molecule has 0 bridgehead atoms. The highest BCUT2D eigenvalue weighted by molar-refractivity contribution is 5.28. The van der Waals surface area contributed by atoms with E-state index in [1.54, 1.807) is 13.1 Å². The minimum absolute atomic E-state index is 0.0858. The highest BCUT2D eigenvalue weighted by Gasteiger charge is 2.11. The predicted octanol–water partition coefficient (Wildman–Crippen LogP) is 2.47. The first-order chi connectivity index (χ1) is 8.11. The van der Waals surface area contributed by atoms with Gasteiger partial charge < -0.3 is 9.67 Å². The summed E-state index contributed by atoms with van der Waals surface area (Å²) < 4.78 is 1.89. The number of pyridine rings is 1. The van der Waals surface area contributed by atoms with Crippen molar-refractivity contribution in [2.45, 2.75) is 19.9 Å². The fourth-order valence-electron chi connectivity index (χ4n) is 1.95. The van der Waals surface area contributed by atoms with Crippen molar-refractivity contribution in [2.24, 2.45) is 0 Å². The van der Waals surface area contributed by atoms with Crippen molar-refractivity contribution in [1.29, 1.82) is 0 Å². The van der Waals surface area contributed by atoms with Crippen LogP contribution >= 0.6 is 0 Å². The number of hydrogen-bond donors (Lipinski definition) is 1. The molecule has 2 aromatic rings. The van der Waals surface area contributed by atoms with Gasteiger partial charge >= 0.3 is 0 Å². The van der Waals surface area contributed by atoms with Gasteiger partial charge in [0.05, 0.1) is 11.7 Å². The van der Waals surface area contributed by atoms with Crippen molar-refractivity contribution in [3.63, 3.8) is 0 Å². The Bertz CT molecular complexity index is 573. The largest absolute Gasteiger partial charge is 0.503 e. The second-order valence-electron chi connectivity index (χ2n) is 4.11. The van der Waals surface area contributed by atoms with Crippen molar-refractivity contribution < 1.29 is 5.11 Å². The smallest absolute Gasteiger partial charge is 0.223 e. The quantitative estimate of drug-likeness (QED) is 0.859. The average molecular weight is 229 g/mol. The maximum absolute atomic E-state index is 11.3. The molecule has 88 valence electrons. The second-order valence-corrected chi connectivity index (χ2v) is 4.11. The molecule has 0 amide bonds. The number of aromatic hydroxyl groups is 1. The Kier molecular flexibility index (Phi) is 3.00. The van der Waals surface area contributed by atoms with Crippen molar-refractivity contribution in [3.05, 3.63) is 64.1 Å². The molecule has 1 unspecified atom stereocenters. The molecular formula is C14H15NO2. The summed E-state index contributed by atoms with van der Waals surface area (Å²) in [5, 5.41) is 9.65. The average Bonchev–Trinajstić information content (AvgIpc) is 2.36. The van der Waals surface area contributed by atoms with Crippen molar-refractivity contribution >= 4 is 0 Å². The van der Waals surface area contributed by atoms with Gasteiger partial charge in [0.25, 0.3) is 0 Å². The summed E-state index contributed by atoms with van der Waals surface area (Å²) in [7, 11) is 0. The van der Waals surface area contributed by atoms with E-state index in [2.05, 4.69) is 0 Å². The fraction of sp³-hybridized carbons (Fsp3) is 0.214. The molecule has 3 heteroatoms. The summed E-state index contributed by atoms with van der Waals surface area (Å²) in [6, 6.07) is 11.4. The van der Waals surface area contributed by atoms with Gasteiger partial charge in [0.1, 0.15) is 0 Å². The molecule has 0 spiro atoms. The lowest BCUT2D eigenvalue weighted by Gasteiger charge is -2.19. The second kappa shape index (κ2) is 4.45. The van der Waals surface area contributed by atoms with Crippen LogP contribution in [0.3, 0.4) is 0 Å². The SMILES string of the molecule is Cc1c(O)c(=O)ccn1C(C)c1ccccc1. The van der Waals surface area contributed by atoms with E-state index in [-0.39, 0.29) is 17.2 Å². The molecule has 0 aliphatic rings. The van der Waals surface area contributed by atoms with Crippen molar-refractivity contribution in [3.8, 4) is 5.75 Å². The van der Waals surface area contributed by atoms with Crippen LogP contribution in [-0.4, -0.2) is 9.67 Å². The topological polar surface area (TPSA) is 42.2 Å². The summed E-state index contributed by atoms with van der Waals surface area (Å²) in [4.78, 5) is 11.3. The zero-order chi connectivity index (χ0) is 12.4. The number of hydrogen-bond acceptors (Lipinski definition) is 2. The molecule has 1 aromatic carbocycles. The Labute approximate surface area is 100.0 Å². The van der Waals surface area contributed by atoms with Crippen molar-refractivity contribution in [2.75, 3.05) is 0 Å². The van der Waals surface area contributed by atoms with Gasteiger partial charge in [-0.15, -0.1) is 0 Å². The molecule has 0 radical (unpaired) electrons. The molecule has 0 fully saturated rings. The zero-order valence-electron chi connectivity index (χ0n) is 9.92. The highest BCUT2D eigenvalue weighted by Crippen LogP contribution is 2.21. The van der Waals surface area contributed by atoms with Crippen LogP contribution in [0.1, 0.15) is 24.2 Å². The maximum atomic E-state index is 11.3. The lowest BCUT2D eigenvalue weighted by molar-refractivity contribution is 0.449. The van der Waals surface area contributed by atoms with Crippen LogP contribution in [0, 0.1) is 6.92 Å². The minimum Gasteiger partial charge on any atom is -0.503 e. The first-order valence-electron chi connectivity index (χ1n) is 5.57. The Morgan fingerprint density at radius 2 is 1.82 bits per heavy atom. The summed E-state index contributed by atoms with van der Waals surface area (Å²) in [6.07, 6.45) is 1.72. The summed E-state index contributed by atoms with van der Waals surface area (Å²) in [5.74, 6) is -0.171. The van der Waals surface area contributed by atoms with Crippen LogP contribution in [0.4, 0.5) is 0 Å². The Morgan fingerprint density at radius 3 is 2.47 bits per heavy atom. The molecule has 3 nitrogen and oxygen atoms in total. The van der Waals surface area contributed by atoms with E-state index in [0.29, 0.717) is 5.69 Å². The third-order valence-corrected chi connectivity index (χ3v) is 3.05. The van der Waals surface area contributed by atoms with Gasteiger partial charge in [-0.2, -0.15) is 0 Å². The van der Waals surface area contributed by atoms with E-state index in [0.717, 1.165) is 5.56 Å². The van der Waals surface area contributed by atoms with E-state index in [4.69, 9.17) is 0 Å². The molecular weight excluding hydrogens is 214 g/mol. The number of rotatable bonds is 2. The number of nitrogens with zero attached hydrogens (tertiary/aromatic N) is 1. The molecule has 0 aliphatic heterocycles. The Balaban J connectivity index is 2.49. The molecule has 17 heavy (non-hydrogen) atoms. The fourth-order valence-corrected chi connectivity index (χ4v) is 1.95. The van der Waals surface area contributed by atoms with E-state index < -0.39 is 0 Å². The van der Waals surface area contributed by atoms with Crippen LogP contribution in [0.15, 0.2) is 47.4 Å². The summed E-state index contributed by atoms with van der Waals surface area (Å²) in [5.41, 5.74) is 1.39. The van der Waals surface area contributed by atoms with Gasteiger partial charge in [0.2, 0.25) is 5.43 Å². The van der Waals surface area contributed by atoms with Gasteiger partial charge in [0, 0.05) is 12.3 Å². The van der Waals surface area contributed by atoms with Crippen molar-refractivity contribution in [1.82, 2.24) is 4.57 Å². The van der Waals surface area contributed by atoms with E-state index in [1.807, 2.05) is 41.8 Å². The van der Waals surface area contributed by atoms with E-state index in [1.165, 1.54) is 6.07 Å². The summed E-state index contributed by atoms with van der Waals surface area (Å²) >= 11 is 0. The Morgan fingerprint density at radius 1 is 1.18 bits per heavy atom. The van der Waals surface area contributed by atoms with Crippen LogP contribution < -0.4 is 5.43 Å². The molecule has 0 aliphatic carbocycles. The molecule has 1 atom stereocenters. The lowest BCUT2D eigenvalue weighted by Crippen LogP contribution is -2.14. The first kappa shape index (κ1) is 11.5. The first-order valence-corrected chi connectivity index (χ1v) is 5.57. The summed E-state index contributed by atoms with van der Waals surface area (Å²) in [6.45, 7) is 3.78. The number of aromatic nitrogens is 1. The van der Waals surface area contributed by atoms with Crippen LogP contribution in [0.25, 0.3) is 0 Å². The third-order valence-electron chi connectivity index (χ3n) is 3.05. The number of benzene rings is 1. The lowest BCUT2D eigenvalue weighted by atomic mass is 10.1. The normalized spacial score (nSPS) is 12.4. The minimum atomic E-state index is -0.334. The molecule has 2 rings (SSSR count). The van der Waals surface area contributed by atoms with Gasteiger partial charge in [-0.3, -0.25) is 4.79 Å².